The zero-order valence-corrected chi connectivity index (χ0v) is 22.8. The fourth-order valence-electron chi connectivity index (χ4n) is 6.08. The lowest BCUT2D eigenvalue weighted by Crippen LogP contribution is -2.33. The molecule has 0 aromatic heterocycles. The number of carbonyl (C=O) groups excluding carboxylic acids is 4. The van der Waals surface area contributed by atoms with Crippen LogP contribution < -0.4 is 14.2 Å². The Hall–Kier alpha value is -4.66. The van der Waals surface area contributed by atoms with Gasteiger partial charge in [0.2, 0.25) is 11.8 Å². The van der Waals surface area contributed by atoms with Crippen LogP contribution in [0.3, 0.4) is 0 Å². The number of likely N-dealkylation sites (tertiary alicyclic amines) is 1. The van der Waals surface area contributed by atoms with Crippen LogP contribution in [0.1, 0.15) is 28.5 Å². The van der Waals surface area contributed by atoms with Crippen molar-refractivity contribution in [3.05, 3.63) is 89.5 Å². The summed E-state index contributed by atoms with van der Waals surface area (Å²) in [7, 11) is 4.82. The van der Waals surface area contributed by atoms with E-state index in [9.17, 15) is 19.2 Å². The van der Waals surface area contributed by atoms with Crippen molar-refractivity contribution in [3.63, 3.8) is 0 Å². The molecule has 2 saturated heterocycles. The van der Waals surface area contributed by atoms with Crippen LogP contribution in [-0.2, 0) is 30.5 Å². The van der Waals surface area contributed by atoms with Crippen molar-refractivity contribution < 1.29 is 38.1 Å². The van der Waals surface area contributed by atoms with Gasteiger partial charge >= 0.3 is 11.9 Å². The summed E-state index contributed by atoms with van der Waals surface area (Å²) < 4.78 is 19.8. The molecule has 0 N–H and O–H groups in total. The lowest BCUT2D eigenvalue weighted by Gasteiger charge is -2.18. The highest BCUT2D eigenvalue weighted by Gasteiger charge is 2.68. The van der Waals surface area contributed by atoms with Gasteiger partial charge in [0.1, 0.15) is 17.2 Å². The number of benzene rings is 3. The maximum atomic E-state index is 12.6. The van der Waals surface area contributed by atoms with Gasteiger partial charge < -0.3 is 18.9 Å². The van der Waals surface area contributed by atoms with E-state index in [2.05, 4.69) is 4.74 Å². The first kappa shape index (κ1) is 26.6. The second kappa shape index (κ2) is 10.4. The van der Waals surface area contributed by atoms with Gasteiger partial charge in [-0.1, -0.05) is 36.4 Å². The summed E-state index contributed by atoms with van der Waals surface area (Å²) in [6, 6.07) is 22.5. The molecule has 2 amide bonds. The molecule has 2 saturated carbocycles. The highest BCUT2D eigenvalue weighted by molar-refractivity contribution is 6.10. The largest absolute Gasteiger partial charge is 0.497 e. The molecule has 0 radical (unpaired) electrons. The lowest BCUT2D eigenvalue weighted by molar-refractivity contribution is -0.155. The Balaban J connectivity index is 0.000000162. The molecule has 4 atom stereocenters. The number of hydrogen-bond acceptors (Lipinski definition) is 8. The molecule has 4 unspecified atom stereocenters. The minimum absolute atomic E-state index is 0.0121. The van der Waals surface area contributed by atoms with E-state index in [1.165, 1.54) is 4.90 Å². The standard InChI is InChI=1S/C20H19NO4.C12H10O4/c1-24-14-7-3-12(4-8-14)11-21-19(22)17-16(18(17)20(21)23)13-5-9-15(25-2)10-6-13;1-15-7-4-2-6(3-5-7)8-9-10(8)12(14)16-11(9)13/h3-10,16-18H,11H2,1-2H3;2-5,8-10H,1H3. The predicted molar refractivity (Wildman–Crippen MR) is 145 cm³/mol. The summed E-state index contributed by atoms with van der Waals surface area (Å²) in [5, 5.41) is 0. The first-order valence-corrected chi connectivity index (χ1v) is 13.4. The fraction of sp³-hybridized carbons (Fsp3) is 0.312. The number of piperidine rings is 1. The Morgan fingerprint density at radius 2 is 0.902 bits per heavy atom. The fourth-order valence-corrected chi connectivity index (χ4v) is 6.08. The second-order valence-corrected chi connectivity index (χ2v) is 10.6. The van der Waals surface area contributed by atoms with Crippen LogP contribution in [0, 0.1) is 23.7 Å². The zero-order valence-electron chi connectivity index (χ0n) is 22.8. The van der Waals surface area contributed by atoms with Gasteiger partial charge in [-0.2, -0.15) is 0 Å². The van der Waals surface area contributed by atoms with Crippen LogP contribution in [-0.4, -0.2) is 50.0 Å². The molecule has 3 aromatic carbocycles. The van der Waals surface area contributed by atoms with Crippen LogP contribution in [0.5, 0.6) is 17.2 Å². The van der Waals surface area contributed by atoms with Gasteiger partial charge in [0.05, 0.1) is 51.5 Å². The molecule has 0 bridgehead atoms. The number of methoxy groups -OCH3 is 3. The van der Waals surface area contributed by atoms with E-state index in [1.54, 1.807) is 21.3 Å². The number of rotatable bonds is 7. The van der Waals surface area contributed by atoms with Crippen molar-refractivity contribution in [1.29, 1.82) is 0 Å². The van der Waals surface area contributed by atoms with E-state index in [0.29, 0.717) is 6.54 Å². The van der Waals surface area contributed by atoms with Gasteiger partial charge in [0, 0.05) is 11.8 Å². The highest BCUT2D eigenvalue weighted by Crippen LogP contribution is 2.60. The summed E-state index contributed by atoms with van der Waals surface area (Å²) in [5.74, 6) is 0.518. The molecule has 2 heterocycles. The Labute approximate surface area is 236 Å². The molecule has 4 fully saturated rings. The van der Waals surface area contributed by atoms with Gasteiger partial charge in [0.15, 0.2) is 0 Å². The summed E-state index contributed by atoms with van der Waals surface area (Å²) in [4.78, 5) is 49.2. The normalized spacial score (nSPS) is 26.9. The highest BCUT2D eigenvalue weighted by atomic mass is 16.6. The summed E-state index contributed by atoms with van der Waals surface area (Å²) in [6.07, 6.45) is 0. The number of hydrogen-bond donors (Lipinski definition) is 0. The molecule has 41 heavy (non-hydrogen) atoms. The average Bonchev–Trinajstić information content (AvgIpc) is 3.89. The van der Waals surface area contributed by atoms with Gasteiger partial charge in [-0.25, -0.2) is 0 Å². The van der Waals surface area contributed by atoms with E-state index >= 15 is 0 Å². The smallest absolute Gasteiger partial charge is 0.318 e. The van der Waals surface area contributed by atoms with Crippen LogP contribution in [0.4, 0.5) is 0 Å². The topological polar surface area (TPSA) is 108 Å². The average molecular weight is 556 g/mol. The number of esters is 2. The van der Waals surface area contributed by atoms with E-state index in [4.69, 9.17) is 14.2 Å². The molecule has 2 aliphatic carbocycles. The summed E-state index contributed by atoms with van der Waals surface area (Å²) >= 11 is 0. The minimum Gasteiger partial charge on any atom is -0.497 e. The van der Waals surface area contributed by atoms with E-state index < -0.39 is 0 Å². The van der Waals surface area contributed by atoms with Gasteiger partial charge in [-0.15, -0.1) is 0 Å². The van der Waals surface area contributed by atoms with Crippen LogP contribution >= 0.6 is 0 Å². The Bertz CT molecular complexity index is 1460. The number of amides is 2. The molecule has 9 nitrogen and oxygen atoms in total. The van der Waals surface area contributed by atoms with E-state index in [1.807, 2.05) is 72.8 Å². The maximum Gasteiger partial charge on any atom is 0.318 e. The molecule has 2 aliphatic heterocycles. The van der Waals surface area contributed by atoms with Crippen molar-refractivity contribution in [2.45, 2.75) is 18.4 Å². The summed E-state index contributed by atoms with van der Waals surface area (Å²) in [6.45, 7) is 0.323. The number of imide groups is 1. The monoisotopic (exact) mass is 555 g/mol. The van der Waals surface area contributed by atoms with Crippen molar-refractivity contribution in [3.8, 4) is 17.2 Å². The third kappa shape index (κ3) is 4.71. The minimum atomic E-state index is -0.379. The van der Waals surface area contributed by atoms with Crippen molar-refractivity contribution in [2.24, 2.45) is 23.7 Å². The number of cyclic esters (lactones) is 2. The van der Waals surface area contributed by atoms with Gasteiger partial charge in [-0.3, -0.25) is 24.1 Å². The quantitative estimate of drug-likeness (QED) is 0.247. The molecule has 0 spiro atoms. The van der Waals surface area contributed by atoms with Crippen LogP contribution in [0.2, 0.25) is 0 Å². The molecule has 4 aliphatic rings. The Morgan fingerprint density at radius 1 is 0.537 bits per heavy atom. The molecule has 9 heteroatoms. The first-order chi connectivity index (χ1) is 19.9. The van der Waals surface area contributed by atoms with Crippen molar-refractivity contribution >= 4 is 23.8 Å². The van der Waals surface area contributed by atoms with Crippen LogP contribution in [0.15, 0.2) is 72.8 Å². The van der Waals surface area contributed by atoms with Crippen LogP contribution in [0.25, 0.3) is 0 Å². The first-order valence-electron chi connectivity index (χ1n) is 13.4. The molecule has 210 valence electrons. The summed E-state index contributed by atoms with van der Waals surface area (Å²) in [5.41, 5.74) is 2.95. The molecular formula is C32H29NO8. The number of carbonyl (C=O) groups is 4. The zero-order chi connectivity index (χ0) is 28.8. The van der Waals surface area contributed by atoms with Gasteiger partial charge in [0.25, 0.3) is 0 Å². The van der Waals surface area contributed by atoms with Crippen molar-refractivity contribution in [1.82, 2.24) is 4.90 Å². The third-order valence-corrected chi connectivity index (χ3v) is 8.39. The molecule has 7 rings (SSSR count). The Morgan fingerprint density at radius 3 is 1.29 bits per heavy atom. The SMILES string of the molecule is COc1ccc(C2C3C(=O)OC(=O)C32)cc1.COc1ccc(CN2C(=O)C3C(C2=O)C3c2ccc(OC)cc2)cc1. The maximum absolute atomic E-state index is 12.6. The predicted octanol–water partition coefficient (Wildman–Crippen LogP) is 3.71. The van der Waals surface area contributed by atoms with E-state index in [-0.39, 0.29) is 59.3 Å². The number of ether oxygens (including phenoxy) is 4. The number of fused-ring (bicyclic) bond motifs is 2. The molecule has 3 aromatic rings. The lowest BCUT2D eigenvalue weighted by atomic mass is 10.1. The van der Waals surface area contributed by atoms with Gasteiger partial charge in [-0.05, 0) is 53.1 Å². The third-order valence-electron chi connectivity index (χ3n) is 8.39. The Kier molecular flexibility index (Phi) is 6.73. The number of nitrogens with zero attached hydrogens (tertiary/aromatic N) is 1. The van der Waals surface area contributed by atoms with E-state index in [0.717, 1.165) is 33.9 Å². The van der Waals surface area contributed by atoms with Crippen molar-refractivity contribution in [2.75, 3.05) is 21.3 Å². The molecular weight excluding hydrogens is 526 g/mol. The second-order valence-electron chi connectivity index (χ2n) is 10.6.